The molecular formula is C18H27N. The van der Waals surface area contributed by atoms with Gasteiger partial charge in [0.1, 0.15) is 0 Å². The monoisotopic (exact) mass is 257 g/mol. The summed E-state index contributed by atoms with van der Waals surface area (Å²) in [7, 11) is 0. The summed E-state index contributed by atoms with van der Waals surface area (Å²) in [6, 6.07) is 10.8. The Labute approximate surface area is 118 Å². The molecule has 19 heavy (non-hydrogen) atoms. The minimum absolute atomic E-state index is 0.454. The number of benzene rings is 1. The van der Waals surface area contributed by atoms with Crippen LogP contribution in [0.3, 0.4) is 0 Å². The van der Waals surface area contributed by atoms with Gasteiger partial charge in [-0.3, -0.25) is 4.90 Å². The van der Waals surface area contributed by atoms with E-state index in [0.29, 0.717) is 5.41 Å². The molecule has 0 N–H and O–H groups in total. The second-order valence-electron chi connectivity index (χ2n) is 6.97. The van der Waals surface area contributed by atoms with E-state index in [0.717, 1.165) is 19.0 Å². The van der Waals surface area contributed by atoms with Crippen molar-refractivity contribution in [2.24, 2.45) is 11.3 Å². The van der Waals surface area contributed by atoms with E-state index in [1.165, 1.54) is 24.9 Å². The fourth-order valence-electron chi connectivity index (χ4n) is 2.65. The summed E-state index contributed by atoms with van der Waals surface area (Å²) in [6.07, 6.45) is 7.39. The van der Waals surface area contributed by atoms with Gasteiger partial charge in [-0.2, -0.15) is 0 Å². The fourth-order valence-corrected chi connectivity index (χ4v) is 2.65. The van der Waals surface area contributed by atoms with Crippen molar-refractivity contribution in [3.63, 3.8) is 0 Å². The first-order valence-electron chi connectivity index (χ1n) is 7.46. The molecule has 1 atom stereocenters. The van der Waals surface area contributed by atoms with Crippen LogP contribution >= 0.6 is 0 Å². The first kappa shape index (κ1) is 14.3. The topological polar surface area (TPSA) is 3.24 Å². The maximum absolute atomic E-state index is 2.56. The van der Waals surface area contributed by atoms with Crippen molar-refractivity contribution in [2.45, 2.75) is 40.2 Å². The van der Waals surface area contributed by atoms with Crippen LogP contribution in [0.4, 0.5) is 0 Å². The molecular weight excluding hydrogens is 230 g/mol. The third-order valence-corrected chi connectivity index (χ3v) is 3.78. The van der Waals surface area contributed by atoms with Crippen LogP contribution in [0.15, 0.2) is 42.5 Å². The van der Waals surface area contributed by atoms with Crippen LogP contribution in [0.5, 0.6) is 0 Å². The van der Waals surface area contributed by atoms with E-state index in [4.69, 9.17) is 0 Å². The average Bonchev–Trinajstić information content (AvgIpc) is 2.37. The first-order chi connectivity index (χ1) is 9.03. The van der Waals surface area contributed by atoms with Crippen molar-refractivity contribution < 1.29 is 0 Å². The number of rotatable bonds is 4. The van der Waals surface area contributed by atoms with Gasteiger partial charge in [0.25, 0.3) is 0 Å². The zero-order valence-electron chi connectivity index (χ0n) is 12.6. The van der Waals surface area contributed by atoms with Crippen LogP contribution in [0.25, 0.3) is 0 Å². The Bertz CT molecular complexity index is 399. The Balaban J connectivity index is 1.84. The third kappa shape index (κ3) is 5.20. The zero-order chi connectivity index (χ0) is 13.7. The van der Waals surface area contributed by atoms with Crippen molar-refractivity contribution in [1.29, 1.82) is 0 Å². The van der Waals surface area contributed by atoms with Crippen LogP contribution in [0.2, 0.25) is 0 Å². The highest BCUT2D eigenvalue weighted by atomic mass is 15.1. The molecule has 1 nitrogen and oxygen atoms in total. The van der Waals surface area contributed by atoms with E-state index in [9.17, 15) is 0 Å². The zero-order valence-corrected chi connectivity index (χ0v) is 12.6. The molecule has 2 rings (SSSR count). The Hall–Kier alpha value is -1.08. The number of nitrogens with zero attached hydrogens (tertiary/aromatic N) is 1. The summed E-state index contributed by atoms with van der Waals surface area (Å²) in [5, 5.41) is 0. The molecule has 1 aliphatic heterocycles. The molecule has 0 spiro atoms. The highest BCUT2D eigenvalue weighted by Crippen LogP contribution is 2.26. The molecule has 104 valence electrons. The molecule has 1 unspecified atom stereocenters. The third-order valence-electron chi connectivity index (χ3n) is 3.78. The largest absolute Gasteiger partial charge is 0.295 e. The lowest BCUT2D eigenvalue weighted by Gasteiger charge is -2.30. The summed E-state index contributed by atoms with van der Waals surface area (Å²) < 4.78 is 0. The Morgan fingerprint density at radius 1 is 1.16 bits per heavy atom. The van der Waals surface area contributed by atoms with Gasteiger partial charge in [-0.25, -0.2) is 0 Å². The summed E-state index contributed by atoms with van der Waals surface area (Å²) in [5.74, 6) is 0.733. The van der Waals surface area contributed by atoms with Gasteiger partial charge in [-0.1, -0.05) is 63.3 Å². The standard InChI is InChI=1S/C18H27N/c1-18(2,3)12-11-17-10-7-13-19(15-17)14-16-8-5-4-6-9-16/h4-10,17H,11-15H2,1-3H3. The Morgan fingerprint density at radius 2 is 1.89 bits per heavy atom. The first-order valence-corrected chi connectivity index (χ1v) is 7.46. The molecule has 0 aromatic heterocycles. The molecule has 1 aliphatic rings. The van der Waals surface area contributed by atoms with Gasteiger partial charge < -0.3 is 0 Å². The predicted octanol–water partition coefficient (Wildman–Crippen LogP) is 4.50. The average molecular weight is 257 g/mol. The summed E-state index contributed by atoms with van der Waals surface area (Å²) in [5.41, 5.74) is 1.88. The van der Waals surface area contributed by atoms with Crippen LogP contribution in [-0.4, -0.2) is 18.0 Å². The van der Waals surface area contributed by atoms with Crippen molar-refractivity contribution in [3.05, 3.63) is 48.0 Å². The highest BCUT2D eigenvalue weighted by molar-refractivity contribution is 5.15. The normalized spacial score (nSPS) is 20.7. The number of hydrogen-bond acceptors (Lipinski definition) is 1. The van der Waals surface area contributed by atoms with Crippen LogP contribution in [-0.2, 0) is 6.54 Å². The van der Waals surface area contributed by atoms with Gasteiger partial charge in [0.2, 0.25) is 0 Å². The number of hydrogen-bond donors (Lipinski definition) is 0. The lowest BCUT2D eigenvalue weighted by atomic mass is 9.86. The van der Waals surface area contributed by atoms with Gasteiger partial charge in [0.05, 0.1) is 0 Å². The minimum atomic E-state index is 0.454. The molecule has 1 heterocycles. The molecule has 0 amide bonds. The van der Waals surface area contributed by atoms with Crippen LogP contribution in [0.1, 0.15) is 39.2 Å². The van der Waals surface area contributed by atoms with Gasteiger partial charge in [-0.05, 0) is 29.7 Å². The maximum atomic E-state index is 2.56. The lowest BCUT2D eigenvalue weighted by Crippen LogP contribution is -2.32. The van der Waals surface area contributed by atoms with Gasteiger partial charge in [-0.15, -0.1) is 0 Å². The molecule has 1 aromatic carbocycles. The Morgan fingerprint density at radius 3 is 2.58 bits per heavy atom. The van der Waals surface area contributed by atoms with Crippen molar-refractivity contribution >= 4 is 0 Å². The SMILES string of the molecule is CC(C)(C)CCC1C=CCN(Cc2ccccc2)C1. The van der Waals surface area contributed by atoms with E-state index in [1.807, 2.05) is 0 Å². The molecule has 0 fully saturated rings. The molecule has 1 heteroatoms. The van der Waals surface area contributed by atoms with Crippen LogP contribution in [0, 0.1) is 11.3 Å². The van der Waals surface area contributed by atoms with Crippen molar-refractivity contribution in [3.8, 4) is 0 Å². The molecule has 0 radical (unpaired) electrons. The van der Waals surface area contributed by atoms with Gasteiger partial charge in [0.15, 0.2) is 0 Å². The second kappa shape index (κ2) is 6.38. The summed E-state index contributed by atoms with van der Waals surface area (Å²) in [6.45, 7) is 10.4. The maximum Gasteiger partial charge on any atom is 0.0237 e. The van der Waals surface area contributed by atoms with Crippen LogP contribution < -0.4 is 0 Å². The molecule has 1 aromatic rings. The van der Waals surface area contributed by atoms with Crippen molar-refractivity contribution in [1.82, 2.24) is 4.90 Å². The molecule has 0 bridgehead atoms. The highest BCUT2D eigenvalue weighted by Gasteiger charge is 2.18. The van der Waals surface area contributed by atoms with Crippen molar-refractivity contribution in [2.75, 3.05) is 13.1 Å². The smallest absolute Gasteiger partial charge is 0.0237 e. The van der Waals surface area contributed by atoms with E-state index < -0.39 is 0 Å². The quantitative estimate of drug-likeness (QED) is 0.718. The van der Waals surface area contributed by atoms with E-state index in [1.54, 1.807) is 0 Å². The van der Waals surface area contributed by atoms with Gasteiger partial charge >= 0.3 is 0 Å². The molecule has 0 aliphatic carbocycles. The predicted molar refractivity (Wildman–Crippen MR) is 83.0 cm³/mol. The summed E-state index contributed by atoms with van der Waals surface area (Å²) >= 11 is 0. The molecule has 0 saturated carbocycles. The second-order valence-corrected chi connectivity index (χ2v) is 6.97. The van der Waals surface area contributed by atoms with E-state index >= 15 is 0 Å². The van der Waals surface area contributed by atoms with Gasteiger partial charge in [0, 0.05) is 19.6 Å². The van der Waals surface area contributed by atoms with E-state index in [-0.39, 0.29) is 0 Å². The minimum Gasteiger partial charge on any atom is -0.295 e. The van der Waals surface area contributed by atoms with E-state index in [2.05, 4.69) is 68.2 Å². The molecule has 0 saturated heterocycles. The lowest BCUT2D eigenvalue weighted by molar-refractivity contribution is 0.230. The summed E-state index contributed by atoms with van der Waals surface area (Å²) in [4.78, 5) is 2.56. The fraction of sp³-hybridized carbons (Fsp3) is 0.556. The Kier molecular flexibility index (Phi) is 4.81.